The Kier molecular flexibility index (Phi) is 5.25. The van der Waals surface area contributed by atoms with E-state index < -0.39 is 0 Å². The first kappa shape index (κ1) is 14.2. The van der Waals surface area contributed by atoms with Crippen LogP contribution in [-0.2, 0) is 4.79 Å². The highest BCUT2D eigenvalue weighted by molar-refractivity contribution is 7.99. The minimum absolute atomic E-state index is 0.189. The second kappa shape index (κ2) is 7.40. The Labute approximate surface area is 121 Å². The van der Waals surface area contributed by atoms with Crippen molar-refractivity contribution in [1.82, 2.24) is 15.4 Å². The summed E-state index contributed by atoms with van der Waals surface area (Å²) in [4.78, 5) is 19.6. The standard InChI is InChI=1S/C14H14N4OS/c1-11-3-5-12(6-4-11)9-17-18-13(19)10-20-14-15-7-2-8-16-14/h2-9H,10H2,1H3,(H,18,19)/b17-9-. The van der Waals surface area contributed by atoms with Crippen LogP contribution in [0.25, 0.3) is 0 Å². The van der Waals surface area contributed by atoms with Crippen LogP contribution in [0.3, 0.4) is 0 Å². The summed E-state index contributed by atoms with van der Waals surface area (Å²) >= 11 is 1.27. The van der Waals surface area contributed by atoms with Crippen molar-refractivity contribution in [3.8, 4) is 0 Å². The molecule has 1 aromatic carbocycles. The van der Waals surface area contributed by atoms with Crippen molar-refractivity contribution in [3.63, 3.8) is 0 Å². The smallest absolute Gasteiger partial charge is 0.250 e. The van der Waals surface area contributed by atoms with Gasteiger partial charge in [0.2, 0.25) is 0 Å². The van der Waals surface area contributed by atoms with E-state index in [2.05, 4.69) is 20.5 Å². The molecular formula is C14H14N4OS. The predicted molar refractivity (Wildman–Crippen MR) is 79.7 cm³/mol. The van der Waals surface area contributed by atoms with Gasteiger partial charge in [-0.1, -0.05) is 41.6 Å². The first-order valence-electron chi connectivity index (χ1n) is 6.02. The number of nitrogens with one attached hydrogen (secondary N) is 1. The maximum absolute atomic E-state index is 11.6. The number of rotatable bonds is 5. The van der Waals surface area contributed by atoms with E-state index in [0.717, 1.165) is 5.56 Å². The number of hydrazone groups is 1. The lowest BCUT2D eigenvalue weighted by Gasteiger charge is -1.99. The van der Waals surface area contributed by atoms with Gasteiger partial charge in [-0.05, 0) is 18.6 Å². The Morgan fingerprint density at radius 2 is 2.00 bits per heavy atom. The Balaban J connectivity index is 1.76. The molecule has 1 heterocycles. The van der Waals surface area contributed by atoms with Crippen molar-refractivity contribution in [2.75, 3.05) is 5.75 Å². The van der Waals surface area contributed by atoms with E-state index in [1.807, 2.05) is 31.2 Å². The zero-order valence-electron chi connectivity index (χ0n) is 11.0. The number of carbonyl (C=O) groups is 1. The summed E-state index contributed by atoms with van der Waals surface area (Å²) in [6.07, 6.45) is 4.90. The number of aryl methyl sites for hydroxylation is 1. The van der Waals surface area contributed by atoms with E-state index in [4.69, 9.17) is 0 Å². The molecule has 0 aliphatic carbocycles. The number of hydrogen-bond donors (Lipinski definition) is 1. The molecule has 0 unspecified atom stereocenters. The van der Waals surface area contributed by atoms with Crippen LogP contribution in [0.15, 0.2) is 53.0 Å². The van der Waals surface area contributed by atoms with Crippen LogP contribution < -0.4 is 5.43 Å². The minimum Gasteiger partial charge on any atom is -0.272 e. The van der Waals surface area contributed by atoms with E-state index in [1.54, 1.807) is 24.7 Å². The van der Waals surface area contributed by atoms with Crippen molar-refractivity contribution < 1.29 is 4.79 Å². The van der Waals surface area contributed by atoms with Crippen molar-refractivity contribution in [1.29, 1.82) is 0 Å². The number of thioether (sulfide) groups is 1. The van der Waals surface area contributed by atoms with Crippen LogP contribution in [0.2, 0.25) is 0 Å². The molecule has 0 saturated heterocycles. The van der Waals surface area contributed by atoms with Gasteiger partial charge in [-0.15, -0.1) is 0 Å². The number of hydrogen-bond acceptors (Lipinski definition) is 5. The van der Waals surface area contributed by atoms with Gasteiger partial charge in [-0.3, -0.25) is 4.79 Å². The summed E-state index contributed by atoms with van der Waals surface area (Å²) < 4.78 is 0. The molecule has 2 aromatic rings. The number of aromatic nitrogens is 2. The first-order chi connectivity index (χ1) is 9.74. The van der Waals surface area contributed by atoms with Crippen LogP contribution in [0.5, 0.6) is 0 Å². The third kappa shape index (κ3) is 4.81. The Morgan fingerprint density at radius 3 is 2.70 bits per heavy atom. The third-order valence-corrected chi connectivity index (χ3v) is 3.23. The summed E-state index contributed by atoms with van der Waals surface area (Å²) in [5, 5.41) is 4.48. The lowest BCUT2D eigenvalue weighted by molar-refractivity contribution is -0.118. The summed E-state index contributed by atoms with van der Waals surface area (Å²) in [6.45, 7) is 2.02. The van der Waals surface area contributed by atoms with Crippen LogP contribution in [0.4, 0.5) is 0 Å². The zero-order chi connectivity index (χ0) is 14.2. The molecule has 0 saturated carbocycles. The van der Waals surface area contributed by atoms with E-state index in [9.17, 15) is 4.79 Å². The summed E-state index contributed by atoms with van der Waals surface area (Å²) in [7, 11) is 0. The van der Waals surface area contributed by atoms with E-state index in [0.29, 0.717) is 5.16 Å². The van der Waals surface area contributed by atoms with Gasteiger partial charge in [0.15, 0.2) is 5.16 Å². The maximum atomic E-state index is 11.6. The lowest BCUT2D eigenvalue weighted by atomic mass is 10.2. The molecule has 0 radical (unpaired) electrons. The van der Waals surface area contributed by atoms with Gasteiger partial charge in [0.05, 0.1) is 12.0 Å². The van der Waals surface area contributed by atoms with Crippen molar-refractivity contribution in [3.05, 3.63) is 53.9 Å². The SMILES string of the molecule is Cc1ccc(/C=N\NC(=O)CSc2ncccn2)cc1. The number of amides is 1. The highest BCUT2D eigenvalue weighted by atomic mass is 32.2. The molecular weight excluding hydrogens is 272 g/mol. The molecule has 20 heavy (non-hydrogen) atoms. The number of carbonyl (C=O) groups excluding carboxylic acids is 1. The van der Waals surface area contributed by atoms with Crippen molar-refractivity contribution in [2.45, 2.75) is 12.1 Å². The van der Waals surface area contributed by atoms with Gasteiger partial charge >= 0.3 is 0 Å². The van der Waals surface area contributed by atoms with E-state index in [1.165, 1.54) is 17.3 Å². The molecule has 1 aromatic heterocycles. The Morgan fingerprint density at radius 1 is 1.30 bits per heavy atom. The number of benzene rings is 1. The zero-order valence-corrected chi connectivity index (χ0v) is 11.8. The van der Waals surface area contributed by atoms with Gasteiger partial charge in [-0.2, -0.15) is 5.10 Å². The molecule has 102 valence electrons. The van der Waals surface area contributed by atoms with Crippen molar-refractivity contribution >= 4 is 23.9 Å². The van der Waals surface area contributed by atoms with Crippen LogP contribution in [-0.4, -0.2) is 27.8 Å². The van der Waals surface area contributed by atoms with Gasteiger partial charge in [-0.25, -0.2) is 15.4 Å². The fraction of sp³-hybridized carbons (Fsp3) is 0.143. The second-order valence-corrected chi connectivity index (χ2v) is 4.97. The highest BCUT2D eigenvalue weighted by Crippen LogP contribution is 2.09. The average Bonchev–Trinajstić information content (AvgIpc) is 2.48. The molecule has 5 nitrogen and oxygen atoms in total. The van der Waals surface area contributed by atoms with Crippen LogP contribution >= 0.6 is 11.8 Å². The van der Waals surface area contributed by atoms with Gasteiger partial charge < -0.3 is 0 Å². The van der Waals surface area contributed by atoms with Gasteiger partial charge in [0.25, 0.3) is 5.91 Å². The molecule has 0 aliphatic heterocycles. The predicted octanol–water partition coefficient (Wildman–Crippen LogP) is 2.03. The molecule has 0 fully saturated rings. The van der Waals surface area contributed by atoms with E-state index >= 15 is 0 Å². The first-order valence-corrected chi connectivity index (χ1v) is 7.01. The molecule has 2 rings (SSSR count). The Hall–Kier alpha value is -2.21. The largest absolute Gasteiger partial charge is 0.272 e. The average molecular weight is 286 g/mol. The van der Waals surface area contributed by atoms with Crippen LogP contribution in [0, 0.1) is 6.92 Å². The molecule has 1 amide bonds. The lowest BCUT2D eigenvalue weighted by Crippen LogP contribution is -2.19. The fourth-order valence-corrected chi connectivity index (χ4v) is 1.95. The Bertz CT molecular complexity index is 584. The highest BCUT2D eigenvalue weighted by Gasteiger charge is 2.02. The molecule has 0 aliphatic rings. The monoisotopic (exact) mass is 286 g/mol. The maximum Gasteiger partial charge on any atom is 0.250 e. The topological polar surface area (TPSA) is 67.2 Å². The van der Waals surface area contributed by atoms with E-state index in [-0.39, 0.29) is 11.7 Å². The molecule has 1 N–H and O–H groups in total. The second-order valence-electron chi connectivity index (χ2n) is 4.02. The summed E-state index contributed by atoms with van der Waals surface area (Å²) in [5.41, 5.74) is 4.60. The quantitative estimate of drug-likeness (QED) is 0.395. The fourth-order valence-electron chi connectivity index (χ4n) is 1.35. The minimum atomic E-state index is -0.189. The molecule has 0 spiro atoms. The third-order valence-electron chi connectivity index (χ3n) is 2.35. The normalized spacial score (nSPS) is 10.7. The van der Waals surface area contributed by atoms with Gasteiger partial charge in [0, 0.05) is 12.4 Å². The van der Waals surface area contributed by atoms with Gasteiger partial charge in [0.1, 0.15) is 0 Å². The summed E-state index contributed by atoms with van der Waals surface area (Å²) in [5.74, 6) is 0.0423. The summed E-state index contributed by atoms with van der Waals surface area (Å²) in [6, 6.07) is 9.60. The number of nitrogens with zero attached hydrogens (tertiary/aromatic N) is 3. The molecule has 0 bridgehead atoms. The molecule has 6 heteroatoms. The molecule has 0 atom stereocenters. The van der Waals surface area contributed by atoms with Crippen LogP contribution in [0.1, 0.15) is 11.1 Å². The van der Waals surface area contributed by atoms with Crippen molar-refractivity contribution in [2.24, 2.45) is 5.10 Å².